The summed E-state index contributed by atoms with van der Waals surface area (Å²) < 4.78 is 36.9. The lowest BCUT2D eigenvalue weighted by molar-refractivity contribution is -0.222. The van der Waals surface area contributed by atoms with Gasteiger partial charge in [-0.05, 0) is 26.7 Å². The Morgan fingerprint density at radius 2 is 1.55 bits per heavy atom. The first-order valence-corrected chi connectivity index (χ1v) is 3.56. The molecule has 1 aliphatic carbocycles. The fourth-order valence-electron chi connectivity index (χ4n) is 1.04. The average Bonchev–Trinajstić information content (AvgIpc) is 2.45. The maximum atomic E-state index is 12.3. The van der Waals surface area contributed by atoms with Crippen molar-refractivity contribution >= 4 is 0 Å². The van der Waals surface area contributed by atoms with Gasteiger partial charge in [0.05, 0.1) is 5.41 Å². The molecule has 0 aromatic heterocycles. The van der Waals surface area contributed by atoms with E-state index in [2.05, 4.69) is 0 Å². The molecule has 0 radical (unpaired) electrons. The molecule has 1 rings (SSSR count). The van der Waals surface area contributed by atoms with Gasteiger partial charge in [-0.15, -0.1) is 0 Å². The zero-order valence-electron chi connectivity index (χ0n) is 6.63. The van der Waals surface area contributed by atoms with Crippen molar-refractivity contribution in [3.05, 3.63) is 0 Å². The highest BCUT2D eigenvalue weighted by Crippen LogP contribution is 2.55. The molecular weight excluding hydrogens is 155 g/mol. The SMILES string of the molecule is CC(C)(C(F)(F)F)C1(N)CC1. The van der Waals surface area contributed by atoms with Crippen LogP contribution in [0.5, 0.6) is 0 Å². The van der Waals surface area contributed by atoms with Gasteiger partial charge in [0.15, 0.2) is 0 Å². The van der Waals surface area contributed by atoms with Gasteiger partial charge in [0.1, 0.15) is 0 Å². The van der Waals surface area contributed by atoms with E-state index in [1.807, 2.05) is 0 Å². The average molecular weight is 167 g/mol. The van der Waals surface area contributed by atoms with Crippen molar-refractivity contribution in [1.82, 2.24) is 0 Å². The summed E-state index contributed by atoms with van der Waals surface area (Å²) in [6.07, 6.45) is -3.21. The summed E-state index contributed by atoms with van der Waals surface area (Å²) in [5.74, 6) is 0. The van der Waals surface area contributed by atoms with Crippen LogP contribution in [0.4, 0.5) is 13.2 Å². The van der Waals surface area contributed by atoms with E-state index in [0.717, 1.165) is 0 Å². The van der Waals surface area contributed by atoms with Crippen molar-refractivity contribution in [3.63, 3.8) is 0 Å². The second-order valence-electron chi connectivity index (χ2n) is 3.78. The molecule has 1 fully saturated rings. The van der Waals surface area contributed by atoms with Crippen LogP contribution in [0.3, 0.4) is 0 Å². The smallest absolute Gasteiger partial charge is 0.324 e. The minimum Gasteiger partial charge on any atom is -0.324 e. The molecule has 0 atom stereocenters. The van der Waals surface area contributed by atoms with E-state index in [4.69, 9.17) is 5.73 Å². The molecule has 66 valence electrons. The van der Waals surface area contributed by atoms with E-state index >= 15 is 0 Å². The fraction of sp³-hybridized carbons (Fsp3) is 1.00. The van der Waals surface area contributed by atoms with Gasteiger partial charge in [0.2, 0.25) is 0 Å². The van der Waals surface area contributed by atoms with E-state index < -0.39 is 17.1 Å². The van der Waals surface area contributed by atoms with Gasteiger partial charge in [-0.25, -0.2) is 0 Å². The number of hydrogen-bond acceptors (Lipinski definition) is 1. The third-order valence-corrected chi connectivity index (χ3v) is 2.74. The molecular formula is C7H12F3N. The molecule has 0 amide bonds. The van der Waals surface area contributed by atoms with Crippen molar-refractivity contribution in [1.29, 1.82) is 0 Å². The first-order chi connectivity index (χ1) is 4.71. The predicted molar refractivity (Wildman–Crippen MR) is 36.0 cm³/mol. The second kappa shape index (κ2) is 1.91. The Balaban J connectivity index is 2.82. The summed E-state index contributed by atoms with van der Waals surface area (Å²) in [4.78, 5) is 0. The van der Waals surface area contributed by atoms with Gasteiger partial charge in [-0.2, -0.15) is 13.2 Å². The highest BCUT2D eigenvalue weighted by Gasteiger charge is 2.63. The van der Waals surface area contributed by atoms with Crippen LogP contribution in [0.25, 0.3) is 0 Å². The number of alkyl halides is 3. The van der Waals surface area contributed by atoms with E-state index in [-0.39, 0.29) is 0 Å². The Labute approximate surface area is 63.8 Å². The van der Waals surface area contributed by atoms with Crippen molar-refractivity contribution in [2.75, 3.05) is 0 Å². The molecule has 0 aromatic rings. The summed E-state index contributed by atoms with van der Waals surface area (Å²) in [5.41, 5.74) is 2.76. The molecule has 0 unspecified atom stereocenters. The van der Waals surface area contributed by atoms with E-state index in [1.165, 1.54) is 13.8 Å². The number of nitrogens with two attached hydrogens (primary N) is 1. The van der Waals surface area contributed by atoms with Crippen LogP contribution in [-0.2, 0) is 0 Å². The lowest BCUT2D eigenvalue weighted by Gasteiger charge is -2.33. The molecule has 11 heavy (non-hydrogen) atoms. The monoisotopic (exact) mass is 167 g/mol. The Bertz CT molecular complexity index is 160. The summed E-state index contributed by atoms with van der Waals surface area (Å²) >= 11 is 0. The highest BCUT2D eigenvalue weighted by molar-refractivity contribution is 5.11. The Hall–Kier alpha value is -0.250. The standard InChI is InChI=1S/C7H12F3N/c1-5(2,7(8,9)10)6(11)3-4-6/h3-4,11H2,1-2H3. The summed E-state index contributed by atoms with van der Waals surface area (Å²) in [5, 5.41) is 0. The molecule has 0 bridgehead atoms. The number of hydrogen-bond donors (Lipinski definition) is 1. The normalized spacial score (nSPS) is 23.5. The van der Waals surface area contributed by atoms with Gasteiger partial charge in [0, 0.05) is 5.54 Å². The zero-order chi connectivity index (χ0) is 8.91. The van der Waals surface area contributed by atoms with Crippen LogP contribution >= 0.6 is 0 Å². The predicted octanol–water partition coefficient (Wildman–Crippen LogP) is 2.07. The third kappa shape index (κ3) is 1.13. The highest BCUT2D eigenvalue weighted by atomic mass is 19.4. The molecule has 0 aliphatic heterocycles. The lowest BCUT2D eigenvalue weighted by atomic mass is 9.82. The summed E-state index contributed by atoms with van der Waals surface area (Å²) in [6, 6.07) is 0. The van der Waals surface area contributed by atoms with E-state index in [9.17, 15) is 13.2 Å². The first kappa shape index (κ1) is 8.84. The first-order valence-electron chi connectivity index (χ1n) is 3.56. The van der Waals surface area contributed by atoms with Crippen LogP contribution in [-0.4, -0.2) is 11.7 Å². The molecule has 0 spiro atoms. The fourth-order valence-corrected chi connectivity index (χ4v) is 1.04. The molecule has 1 saturated carbocycles. The van der Waals surface area contributed by atoms with Crippen molar-refractivity contribution in [2.24, 2.45) is 11.1 Å². The van der Waals surface area contributed by atoms with Gasteiger partial charge >= 0.3 is 6.18 Å². The van der Waals surface area contributed by atoms with Crippen LogP contribution in [0, 0.1) is 5.41 Å². The summed E-state index contributed by atoms with van der Waals surface area (Å²) in [6.45, 7) is 2.33. The second-order valence-corrected chi connectivity index (χ2v) is 3.78. The molecule has 1 nitrogen and oxygen atoms in total. The van der Waals surface area contributed by atoms with Gasteiger partial charge in [-0.1, -0.05) is 0 Å². The Morgan fingerprint density at radius 1 is 1.18 bits per heavy atom. The lowest BCUT2D eigenvalue weighted by Crippen LogP contribution is -2.49. The van der Waals surface area contributed by atoms with E-state index in [0.29, 0.717) is 12.8 Å². The van der Waals surface area contributed by atoms with Gasteiger partial charge in [-0.3, -0.25) is 0 Å². The third-order valence-electron chi connectivity index (χ3n) is 2.74. The number of halogens is 3. The van der Waals surface area contributed by atoms with Gasteiger partial charge < -0.3 is 5.73 Å². The maximum Gasteiger partial charge on any atom is 0.395 e. The van der Waals surface area contributed by atoms with Crippen LogP contribution < -0.4 is 5.73 Å². The molecule has 0 heterocycles. The van der Waals surface area contributed by atoms with Crippen molar-refractivity contribution < 1.29 is 13.2 Å². The summed E-state index contributed by atoms with van der Waals surface area (Å²) in [7, 11) is 0. The molecule has 2 N–H and O–H groups in total. The topological polar surface area (TPSA) is 26.0 Å². The van der Waals surface area contributed by atoms with Crippen molar-refractivity contribution in [2.45, 2.75) is 38.4 Å². The minimum absolute atomic E-state index is 0.486. The van der Waals surface area contributed by atoms with Crippen LogP contribution in [0.1, 0.15) is 26.7 Å². The molecule has 4 heteroatoms. The van der Waals surface area contributed by atoms with Gasteiger partial charge in [0.25, 0.3) is 0 Å². The maximum absolute atomic E-state index is 12.3. The molecule has 0 aromatic carbocycles. The minimum atomic E-state index is -4.18. The van der Waals surface area contributed by atoms with E-state index in [1.54, 1.807) is 0 Å². The molecule has 1 aliphatic rings. The van der Waals surface area contributed by atoms with Crippen LogP contribution in [0.2, 0.25) is 0 Å². The molecule has 0 saturated heterocycles. The zero-order valence-corrected chi connectivity index (χ0v) is 6.63. The van der Waals surface area contributed by atoms with Crippen LogP contribution in [0.15, 0.2) is 0 Å². The quantitative estimate of drug-likeness (QED) is 0.635. The number of rotatable bonds is 1. The Morgan fingerprint density at radius 3 is 1.64 bits per heavy atom. The van der Waals surface area contributed by atoms with Crippen molar-refractivity contribution in [3.8, 4) is 0 Å². The largest absolute Gasteiger partial charge is 0.395 e. The Kier molecular flexibility index (Phi) is 1.54.